The molecule has 5 heteroatoms. The van der Waals surface area contributed by atoms with Gasteiger partial charge in [-0.25, -0.2) is 4.98 Å². The number of hydrogen-bond donors (Lipinski definition) is 2. The number of carbonyl (C=O) groups excluding carboxylic acids is 1. The zero-order valence-electron chi connectivity index (χ0n) is 11.2. The van der Waals surface area contributed by atoms with E-state index in [0.29, 0.717) is 11.3 Å². The van der Waals surface area contributed by atoms with Crippen LogP contribution in [0.4, 0.5) is 11.4 Å². The molecule has 3 N–H and O–H groups in total. The molecule has 1 aromatic carbocycles. The van der Waals surface area contributed by atoms with Crippen molar-refractivity contribution < 1.29 is 4.79 Å². The lowest BCUT2D eigenvalue weighted by molar-refractivity contribution is 0.101. The first-order valence-corrected chi connectivity index (χ1v) is 6.18. The number of carbonyl (C=O) groups is 1. The van der Waals surface area contributed by atoms with Gasteiger partial charge in [0.1, 0.15) is 5.82 Å². The smallest absolute Gasteiger partial charge is 0.161 e. The molecule has 0 bridgehead atoms. The average molecular weight is 258 g/mol. The number of anilines is 2. The van der Waals surface area contributed by atoms with Crippen LogP contribution in [0.25, 0.3) is 0 Å². The third-order valence-corrected chi connectivity index (χ3v) is 3.03. The number of nitrogens with two attached hydrogens (primary N) is 1. The lowest BCUT2D eigenvalue weighted by atomic mass is 10.1. The number of aromatic nitrogens is 2. The largest absolute Gasteiger partial charge is 0.398 e. The van der Waals surface area contributed by atoms with Crippen LogP contribution < -0.4 is 11.1 Å². The molecule has 19 heavy (non-hydrogen) atoms. The van der Waals surface area contributed by atoms with Gasteiger partial charge < -0.3 is 15.6 Å². The molecule has 0 unspecified atom stereocenters. The van der Waals surface area contributed by atoms with E-state index in [1.165, 1.54) is 6.92 Å². The summed E-state index contributed by atoms with van der Waals surface area (Å²) in [5.41, 5.74) is 7.82. The van der Waals surface area contributed by atoms with Crippen molar-refractivity contribution in [3.05, 3.63) is 42.0 Å². The van der Waals surface area contributed by atoms with E-state index in [0.717, 1.165) is 24.5 Å². The van der Waals surface area contributed by atoms with Crippen molar-refractivity contribution in [2.75, 3.05) is 17.6 Å². The second-order valence-electron chi connectivity index (χ2n) is 4.49. The quantitative estimate of drug-likeness (QED) is 0.634. The van der Waals surface area contributed by atoms with E-state index in [1.807, 2.05) is 23.9 Å². The van der Waals surface area contributed by atoms with Gasteiger partial charge in [0.05, 0.1) is 0 Å². The predicted octanol–water partition coefficient (Wildman–Crippen LogP) is 1.86. The molecule has 1 heterocycles. The van der Waals surface area contributed by atoms with Crippen LogP contribution in [0.5, 0.6) is 0 Å². The molecule has 0 spiro atoms. The van der Waals surface area contributed by atoms with Crippen molar-refractivity contribution in [3.8, 4) is 0 Å². The van der Waals surface area contributed by atoms with E-state index in [2.05, 4.69) is 10.3 Å². The maximum atomic E-state index is 11.3. The van der Waals surface area contributed by atoms with E-state index in [-0.39, 0.29) is 5.78 Å². The Morgan fingerprint density at radius 3 is 2.84 bits per heavy atom. The number of benzene rings is 1. The second kappa shape index (κ2) is 5.56. The minimum absolute atomic E-state index is 0.0166. The van der Waals surface area contributed by atoms with Crippen LogP contribution in [0, 0.1) is 0 Å². The summed E-state index contributed by atoms with van der Waals surface area (Å²) in [4.78, 5) is 15.5. The van der Waals surface area contributed by atoms with Crippen molar-refractivity contribution in [2.45, 2.75) is 13.3 Å². The lowest BCUT2D eigenvalue weighted by Crippen LogP contribution is -2.09. The van der Waals surface area contributed by atoms with Gasteiger partial charge in [-0.05, 0) is 25.1 Å². The van der Waals surface area contributed by atoms with Crippen LogP contribution in [0.2, 0.25) is 0 Å². The van der Waals surface area contributed by atoms with E-state index >= 15 is 0 Å². The number of nitrogens with zero attached hydrogens (tertiary/aromatic N) is 2. The molecule has 0 fully saturated rings. The Morgan fingerprint density at radius 1 is 1.47 bits per heavy atom. The van der Waals surface area contributed by atoms with Gasteiger partial charge in [0.15, 0.2) is 5.78 Å². The number of ketones is 1. The molecule has 0 atom stereocenters. The number of nitrogen functional groups attached to an aromatic ring is 1. The molecule has 0 saturated heterocycles. The summed E-state index contributed by atoms with van der Waals surface area (Å²) >= 11 is 0. The molecule has 2 aromatic rings. The number of Topliss-reactive ketones (excluding diaryl/α,β-unsaturated/α-hetero) is 1. The zero-order chi connectivity index (χ0) is 13.8. The Bertz CT molecular complexity index is 589. The predicted molar refractivity (Wildman–Crippen MR) is 76.3 cm³/mol. The van der Waals surface area contributed by atoms with E-state index in [9.17, 15) is 4.79 Å². The van der Waals surface area contributed by atoms with Crippen LogP contribution in [0.3, 0.4) is 0 Å². The van der Waals surface area contributed by atoms with Crippen molar-refractivity contribution >= 4 is 17.2 Å². The fraction of sp³-hybridized carbons (Fsp3) is 0.286. The molecule has 0 saturated carbocycles. The Balaban J connectivity index is 1.95. The van der Waals surface area contributed by atoms with Gasteiger partial charge in [0, 0.05) is 49.3 Å². The average Bonchev–Trinajstić information content (AvgIpc) is 2.75. The SMILES string of the molecule is CC(=O)c1ccc(NCCc2nccn2C)cc1N. The molecule has 2 rings (SSSR count). The standard InChI is InChI=1S/C14H18N4O/c1-10(19)12-4-3-11(9-13(12)15)16-6-5-14-17-7-8-18(14)2/h3-4,7-9,16H,5-6,15H2,1-2H3. The van der Waals surface area contributed by atoms with Gasteiger partial charge >= 0.3 is 0 Å². The van der Waals surface area contributed by atoms with Gasteiger partial charge in [-0.15, -0.1) is 0 Å². The fourth-order valence-corrected chi connectivity index (χ4v) is 1.95. The van der Waals surface area contributed by atoms with E-state index in [4.69, 9.17) is 5.73 Å². The van der Waals surface area contributed by atoms with Gasteiger partial charge in [0.25, 0.3) is 0 Å². The molecule has 100 valence electrons. The number of aryl methyl sites for hydroxylation is 1. The lowest BCUT2D eigenvalue weighted by Gasteiger charge is -2.09. The topological polar surface area (TPSA) is 72.9 Å². The third-order valence-electron chi connectivity index (χ3n) is 3.03. The van der Waals surface area contributed by atoms with Crippen molar-refractivity contribution in [3.63, 3.8) is 0 Å². The van der Waals surface area contributed by atoms with Gasteiger partial charge in [-0.1, -0.05) is 0 Å². The fourth-order valence-electron chi connectivity index (χ4n) is 1.95. The summed E-state index contributed by atoms with van der Waals surface area (Å²) in [5.74, 6) is 1.01. The van der Waals surface area contributed by atoms with Crippen LogP contribution in [0.15, 0.2) is 30.6 Å². The van der Waals surface area contributed by atoms with E-state index in [1.54, 1.807) is 18.3 Å². The molecule has 0 aliphatic rings. The molecular formula is C14H18N4O. The third kappa shape index (κ3) is 3.13. The summed E-state index contributed by atoms with van der Waals surface area (Å²) in [7, 11) is 1.97. The summed E-state index contributed by atoms with van der Waals surface area (Å²) in [5, 5.41) is 3.27. The number of hydrogen-bond acceptors (Lipinski definition) is 4. The number of nitrogens with one attached hydrogen (secondary N) is 1. The molecule has 0 radical (unpaired) electrons. The molecule has 1 aromatic heterocycles. The van der Waals surface area contributed by atoms with Crippen molar-refractivity contribution in [1.82, 2.24) is 9.55 Å². The first-order valence-electron chi connectivity index (χ1n) is 6.18. The van der Waals surface area contributed by atoms with Gasteiger partial charge in [0.2, 0.25) is 0 Å². The van der Waals surface area contributed by atoms with Crippen LogP contribution in [0.1, 0.15) is 23.1 Å². The summed E-state index contributed by atoms with van der Waals surface area (Å²) in [6.45, 7) is 2.28. The second-order valence-corrected chi connectivity index (χ2v) is 4.49. The van der Waals surface area contributed by atoms with Crippen LogP contribution >= 0.6 is 0 Å². The summed E-state index contributed by atoms with van der Waals surface area (Å²) in [6, 6.07) is 5.40. The summed E-state index contributed by atoms with van der Waals surface area (Å²) in [6.07, 6.45) is 4.54. The number of imidazole rings is 1. The molecule has 0 aliphatic heterocycles. The van der Waals surface area contributed by atoms with Gasteiger partial charge in [-0.3, -0.25) is 4.79 Å². The Hall–Kier alpha value is -2.30. The van der Waals surface area contributed by atoms with Gasteiger partial charge in [-0.2, -0.15) is 0 Å². The molecular weight excluding hydrogens is 240 g/mol. The highest BCUT2D eigenvalue weighted by molar-refractivity contribution is 5.99. The van der Waals surface area contributed by atoms with E-state index < -0.39 is 0 Å². The monoisotopic (exact) mass is 258 g/mol. The highest BCUT2D eigenvalue weighted by atomic mass is 16.1. The van der Waals surface area contributed by atoms with Crippen molar-refractivity contribution in [1.29, 1.82) is 0 Å². The normalized spacial score (nSPS) is 10.4. The Labute approximate surface area is 112 Å². The summed E-state index contributed by atoms with van der Waals surface area (Å²) < 4.78 is 1.99. The Kier molecular flexibility index (Phi) is 3.85. The first-order chi connectivity index (χ1) is 9.08. The zero-order valence-corrected chi connectivity index (χ0v) is 11.2. The minimum atomic E-state index is -0.0166. The maximum absolute atomic E-state index is 11.3. The van der Waals surface area contributed by atoms with Crippen molar-refractivity contribution in [2.24, 2.45) is 7.05 Å². The highest BCUT2D eigenvalue weighted by Crippen LogP contribution is 2.18. The highest BCUT2D eigenvalue weighted by Gasteiger charge is 2.05. The molecule has 0 aliphatic carbocycles. The first kappa shape index (κ1) is 13.1. The molecule has 0 amide bonds. The Morgan fingerprint density at radius 2 is 2.26 bits per heavy atom. The molecule has 5 nitrogen and oxygen atoms in total. The minimum Gasteiger partial charge on any atom is -0.398 e. The number of rotatable bonds is 5. The van der Waals surface area contributed by atoms with Crippen LogP contribution in [-0.4, -0.2) is 21.9 Å². The maximum Gasteiger partial charge on any atom is 0.161 e. The van der Waals surface area contributed by atoms with Crippen LogP contribution in [-0.2, 0) is 13.5 Å².